The Hall–Kier alpha value is -2.24. The standard InChI is InChI=1S/C17H24N2O4/c1-5-22-15(20)9-8-13-6-7-14-12-18(10-11-19(13)14)16(21)23-17(2,3)4/h6-9H,5,10-12H2,1-4H3. The monoisotopic (exact) mass is 320 g/mol. The maximum absolute atomic E-state index is 12.1. The zero-order valence-corrected chi connectivity index (χ0v) is 14.2. The minimum absolute atomic E-state index is 0.298. The van der Waals surface area contributed by atoms with Crippen LogP contribution in [0.25, 0.3) is 6.08 Å². The van der Waals surface area contributed by atoms with Crippen LogP contribution in [-0.4, -0.2) is 40.3 Å². The zero-order valence-electron chi connectivity index (χ0n) is 14.2. The van der Waals surface area contributed by atoms with Crippen molar-refractivity contribution in [3.05, 3.63) is 29.6 Å². The van der Waals surface area contributed by atoms with Gasteiger partial charge in [0.15, 0.2) is 0 Å². The van der Waals surface area contributed by atoms with Gasteiger partial charge in [-0.15, -0.1) is 0 Å². The van der Waals surface area contributed by atoms with Crippen molar-refractivity contribution < 1.29 is 19.1 Å². The molecular formula is C17H24N2O4. The van der Waals surface area contributed by atoms with E-state index in [4.69, 9.17) is 9.47 Å². The summed E-state index contributed by atoms with van der Waals surface area (Å²) in [6.07, 6.45) is 2.87. The Kier molecular flexibility index (Phi) is 5.13. The molecule has 0 N–H and O–H groups in total. The number of aromatic nitrogens is 1. The fourth-order valence-electron chi connectivity index (χ4n) is 2.41. The van der Waals surface area contributed by atoms with Crippen LogP contribution >= 0.6 is 0 Å². The van der Waals surface area contributed by atoms with Gasteiger partial charge in [0.1, 0.15) is 5.60 Å². The summed E-state index contributed by atoms with van der Waals surface area (Å²) in [6, 6.07) is 3.89. The van der Waals surface area contributed by atoms with Crippen LogP contribution in [0.4, 0.5) is 4.79 Å². The molecule has 0 radical (unpaired) electrons. The molecule has 1 aliphatic heterocycles. The van der Waals surface area contributed by atoms with Crippen molar-refractivity contribution in [3.8, 4) is 0 Å². The second kappa shape index (κ2) is 6.89. The molecule has 0 aliphatic carbocycles. The lowest BCUT2D eigenvalue weighted by molar-refractivity contribution is -0.137. The molecule has 2 rings (SSSR count). The average Bonchev–Trinajstić information content (AvgIpc) is 2.86. The molecule has 126 valence electrons. The molecule has 1 aromatic heterocycles. The van der Waals surface area contributed by atoms with E-state index in [1.165, 1.54) is 6.08 Å². The Bertz CT molecular complexity index is 611. The van der Waals surface area contributed by atoms with Gasteiger partial charge in [-0.3, -0.25) is 0 Å². The number of ether oxygens (including phenoxy) is 2. The largest absolute Gasteiger partial charge is 0.463 e. The van der Waals surface area contributed by atoms with Gasteiger partial charge in [-0.25, -0.2) is 9.59 Å². The summed E-state index contributed by atoms with van der Waals surface area (Å²) in [7, 11) is 0. The van der Waals surface area contributed by atoms with Crippen molar-refractivity contribution in [2.24, 2.45) is 0 Å². The van der Waals surface area contributed by atoms with E-state index in [-0.39, 0.29) is 12.1 Å². The summed E-state index contributed by atoms with van der Waals surface area (Å²) < 4.78 is 12.4. The van der Waals surface area contributed by atoms with Crippen LogP contribution in [0.5, 0.6) is 0 Å². The van der Waals surface area contributed by atoms with Crippen LogP contribution in [-0.2, 0) is 27.4 Å². The highest BCUT2D eigenvalue weighted by Crippen LogP contribution is 2.20. The first-order valence-electron chi connectivity index (χ1n) is 7.81. The fourth-order valence-corrected chi connectivity index (χ4v) is 2.41. The maximum Gasteiger partial charge on any atom is 0.410 e. The van der Waals surface area contributed by atoms with E-state index >= 15 is 0 Å². The number of carbonyl (C=O) groups excluding carboxylic acids is 2. The van der Waals surface area contributed by atoms with Gasteiger partial charge in [-0.05, 0) is 45.9 Å². The number of carbonyl (C=O) groups is 2. The molecular weight excluding hydrogens is 296 g/mol. The summed E-state index contributed by atoms with van der Waals surface area (Å²) in [4.78, 5) is 25.2. The molecule has 0 aromatic carbocycles. The number of fused-ring (bicyclic) bond motifs is 1. The highest BCUT2D eigenvalue weighted by molar-refractivity contribution is 5.86. The molecule has 0 spiro atoms. The van der Waals surface area contributed by atoms with Gasteiger partial charge in [-0.2, -0.15) is 0 Å². The molecule has 0 atom stereocenters. The Balaban J connectivity index is 2.04. The van der Waals surface area contributed by atoms with Gasteiger partial charge >= 0.3 is 12.1 Å². The third-order valence-electron chi connectivity index (χ3n) is 3.38. The number of hydrogen-bond acceptors (Lipinski definition) is 4. The number of amides is 1. The van der Waals surface area contributed by atoms with Gasteiger partial charge in [0.25, 0.3) is 0 Å². The minimum atomic E-state index is -0.496. The molecule has 0 unspecified atom stereocenters. The maximum atomic E-state index is 12.1. The second-order valence-electron chi connectivity index (χ2n) is 6.39. The molecule has 1 amide bonds. The SMILES string of the molecule is CCOC(=O)C=Cc1ccc2n1CCN(C(=O)OC(C)(C)C)C2. The highest BCUT2D eigenvalue weighted by Gasteiger charge is 2.26. The normalized spacial score (nSPS) is 14.7. The Morgan fingerprint density at radius 2 is 2.00 bits per heavy atom. The highest BCUT2D eigenvalue weighted by atomic mass is 16.6. The molecule has 0 bridgehead atoms. The third kappa shape index (κ3) is 4.61. The van der Waals surface area contributed by atoms with E-state index in [0.29, 0.717) is 26.2 Å². The molecule has 6 nitrogen and oxygen atoms in total. The summed E-state index contributed by atoms with van der Waals surface area (Å²) in [6.45, 7) is 9.46. The molecule has 23 heavy (non-hydrogen) atoms. The second-order valence-corrected chi connectivity index (χ2v) is 6.39. The Morgan fingerprint density at radius 1 is 1.26 bits per heavy atom. The van der Waals surface area contributed by atoms with Crippen molar-refractivity contribution >= 4 is 18.1 Å². The van der Waals surface area contributed by atoms with Gasteiger partial charge in [0, 0.05) is 30.6 Å². The van der Waals surface area contributed by atoms with Gasteiger partial charge in [0.05, 0.1) is 13.2 Å². The van der Waals surface area contributed by atoms with Gasteiger partial charge < -0.3 is 18.9 Å². The van der Waals surface area contributed by atoms with E-state index in [0.717, 1.165) is 11.4 Å². The van der Waals surface area contributed by atoms with Crippen LogP contribution in [0.2, 0.25) is 0 Å². The molecule has 0 saturated heterocycles. The fraction of sp³-hybridized carbons (Fsp3) is 0.529. The molecule has 6 heteroatoms. The smallest absolute Gasteiger partial charge is 0.410 e. The number of esters is 1. The van der Waals surface area contributed by atoms with E-state index in [1.54, 1.807) is 17.9 Å². The number of rotatable bonds is 3. The van der Waals surface area contributed by atoms with Crippen molar-refractivity contribution in [2.45, 2.75) is 46.4 Å². The third-order valence-corrected chi connectivity index (χ3v) is 3.38. The summed E-state index contributed by atoms with van der Waals surface area (Å²) >= 11 is 0. The lowest BCUT2D eigenvalue weighted by Crippen LogP contribution is -2.41. The van der Waals surface area contributed by atoms with Crippen LogP contribution in [0.1, 0.15) is 39.1 Å². The molecule has 0 saturated carbocycles. The first-order chi connectivity index (χ1) is 10.8. The van der Waals surface area contributed by atoms with Crippen LogP contribution in [0.15, 0.2) is 18.2 Å². The predicted molar refractivity (Wildman–Crippen MR) is 86.7 cm³/mol. The van der Waals surface area contributed by atoms with Crippen LogP contribution in [0, 0.1) is 0 Å². The lowest BCUT2D eigenvalue weighted by atomic mass is 10.2. The quantitative estimate of drug-likeness (QED) is 0.635. The zero-order chi connectivity index (χ0) is 17.0. The van der Waals surface area contributed by atoms with Crippen LogP contribution in [0.3, 0.4) is 0 Å². The molecule has 1 aliphatic rings. The Labute approximate surface area is 136 Å². The van der Waals surface area contributed by atoms with Gasteiger partial charge in [-0.1, -0.05) is 0 Å². The predicted octanol–water partition coefficient (Wildman–Crippen LogP) is 2.82. The number of hydrogen-bond donors (Lipinski definition) is 0. The van der Waals surface area contributed by atoms with E-state index in [1.807, 2.05) is 32.9 Å². The molecule has 1 aromatic rings. The molecule has 2 heterocycles. The summed E-state index contributed by atoms with van der Waals surface area (Å²) in [5.74, 6) is -0.353. The van der Waals surface area contributed by atoms with E-state index in [9.17, 15) is 9.59 Å². The van der Waals surface area contributed by atoms with Crippen molar-refractivity contribution in [1.82, 2.24) is 9.47 Å². The molecule has 0 fully saturated rings. The topological polar surface area (TPSA) is 60.8 Å². The first kappa shape index (κ1) is 17.1. The van der Waals surface area contributed by atoms with E-state index < -0.39 is 5.60 Å². The van der Waals surface area contributed by atoms with Crippen molar-refractivity contribution in [2.75, 3.05) is 13.2 Å². The van der Waals surface area contributed by atoms with Crippen molar-refractivity contribution in [3.63, 3.8) is 0 Å². The van der Waals surface area contributed by atoms with E-state index in [2.05, 4.69) is 4.57 Å². The van der Waals surface area contributed by atoms with Crippen molar-refractivity contribution in [1.29, 1.82) is 0 Å². The summed E-state index contributed by atoms with van der Waals surface area (Å²) in [5, 5.41) is 0. The minimum Gasteiger partial charge on any atom is -0.463 e. The number of nitrogens with zero attached hydrogens (tertiary/aromatic N) is 2. The van der Waals surface area contributed by atoms with Gasteiger partial charge in [0.2, 0.25) is 0 Å². The first-order valence-corrected chi connectivity index (χ1v) is 7.81. The van der Waals surface area contributed by atoms with Crippen LogP contribution < -0.4 is 0 Å². The average molecular weight is 320 g/mol. The Morgan fingerprint density at radius 3 is 2.65 bits per heavy atom. The lowest BCUT2D eigenvalue weighted by Gasteiger charge is -2.31. The summed E-state index contributed by atoms with van der Waals surface area (Å²) in [5.41, 5.74) is 1.45.